The zero-order valence-electron chi connectivity index (χ0n) is 10.8. The van der Waals surface area contributed by atoms with Crippen molar-refractivity contribution in [2.24, 2.45) is 0 Å². The third kappa shape index (κ3) is 3.91. The number of hydrogen-bond acceptors (Lipinski definition) is 5. The molecule has 9 heteroatoms. The maximum atomic E-state index is 13.6. The molecule has 0 unspecified atom stereocenters. The van der Waals surface area contributed by atoms with Gasteiger partial charge in [-0.25, -0.2) is 13.2 Å². The fourth-order valence-corrected chi connectivity index (χ4v) is 1.55. The first-order chi connectivity index (χ1) is 9.77. The molecule has 0 saturated carbocycles. The number of esters is 1. The Labute approximate surface area is 116 Å². The number of benzene rings is 1. The van der Waals surface area contributed by atoms with E-state index in [1.807, 2.05) is 0 Å². The molecule has 0 atom stereocenters. The molecular formula is C12H11F4NO4. The van der Waals surface area contributed by atoms with Crippen LogP contribution in [-0.4, -0.2) is 25.4 Å². The third-order valence-electron chi connectivity index (χ3n) is 2.50. The van der Waals surface area contributed by atoms with Gasteiger partial charge in [-0.05, 0) is 6.42 Å². The minimum atomic E-state index is -2.19. The Balaban J connectivity index is 2.95. The van der Waals surface area contributed by atoms with Crippen LogP contribution in [0.3, 0.4) is 0 Å². The van der Waals surface area contributed by atoms with Gasteiger partial charge in [-0.1, -0.05) is 0 Å². The molecule has 0 aliphatic rings. The number of rotatable bonds is 6. The summed E-state index contributed by atoms with van der Waals surface area (Å²) in [5, 5.41) is 0. The Morgan fingerprint density at radius 3 is 2.29 bits per heavy atom. The number of ether oxygens (including phenoxy) is 2. The van der Waals surface area contributed by atoms with Crippen LogP contribution in [-0.2, 0) is 20.7 Å². The molecule has 0 radical (unpaired) electrons. The molecule has 0 aliphatic heterocycles. The maximum Gasteiger partial charge on any atom is 0.334 e. The first kappa shape index (κ1) is 16.9. The van der Waals surface area contributed by atoms with Crippen molar-refractivity contribution in [3.8, 4) is 0 Å². The van der Waals surface area contributed by atoms with E-state index >= 15 is 0 Å². The van der Waals surface area contributed by atoms with E-state index in [2.05, 4.69) is 4.74 Å². The smallest absolute Gasteiger partial charge is 0.334 e. The summed E-state index contributed by atoms with van der Waals surface area (Å²) in [5.74, 6) is -6.10. The molecule has 1 aromatic carbocycles. The average Bonchev–Trinajstić information content (AvgIpc) is 2.40. The number of halogens is 4. The summed E-state index contributed by atoms with van der Waals surface area (Å²) in [4.78, 5) is 21.2. The number of carbonyl (C=O) groups excluding carboxylic acids is 2. The van der Waals surface area contributed by atoms with Crippen LogP contribution in [0.25, 0.3) is 0 Å². The molecule has 116 valence electrons. The standard InChI is InChI=1S/C12H11F4NO4/c1-5(18)21-4-20-3-2-6-7(12(16)19)11(17)10(15)9(14)8(6)13/h2-4,17H2,1H3. The van der Waals surface area contributed by atoms with Crippen molar-refractivity contribution in [1.82, 2.24) is 0 Å². The van der Waals surface area contributed by atoms with Gasteiger partial charge in [-0.2, -0.15) is 4.39 Å². The van der Waals surface area contributed by atoms with Gasteiger partial charge in [-0.3, -0.25) is 9.59 Å². The summed E-state index contributed by atoms with van der Waals surface area (Å²) < 4.78 is 61.9. The van der Waals surface area contributed by atoms with Gasteiger partial charge in [0.1, 0.15) is 0 Å². The number of anilines is 1. The second-order valence-electron chi connectivity index (χ2n) is 3.89. The Morgan fingerprint density at radius 1 is 1.14 bits per heavy atom. The van der Waals surface area contributed by atoms with E-state index in [4.69, 9.17) is 10.5 Å². The summed E-state index contributed by atoms with van der Waals surface area (Å²) >= 11 is 0. The van der Waals surface area contributed by atoms with Gasteiger partial charge in [0, 0.05) is 12.5 Å². The second-order valence-corrected chi connectivity index (χ2v) is 3.89. The number of nitrogens with two attached hydrogens (primary N) is 1. The average molecular weight is 309 g/mol. The number of carbonyl (C=O) groups is 2. The Morgan fingerprint density at radius 2 is 1.76 bits per heavy atom. The van der Waals surface area contributed by atoms with Crippen LogP contribution in [0.5, 0.6) is 0 Å². The molecule has 0 spiro atoms. The normalized spacial score (nSPS) is 10.5. The lowest BCUT2D eigenvalue weighted by Gasteiger charge is -2.12. The lowest BCUT2D eigenvalue weighted by atomic mass is 10.0. The van der Waals surface area contributed by atoms with E-state index in [0.717, 1.165) is 6.92 Å². The molecule has 0 heterocycles. The fraction of sp³-hybridized carbons (Fsp3) is 0.333. The van der Waals surface area contributed by atoms with Crippen molar-refractivity contribution in [2.45, 2.75) is 13.3 Å². The molecule has 0 fully saturated rings. The highest BCUT2D eigenvalue weighted by Gasteiger charge is 2.27. The Kier molecular flexibility index (Phi) is 5.65. The predicted molar refractivity (Wildman–Crippen MR) is 62.5 cm³/mol. The molecule has 0 saturated heterocycles. The van der Waals surface area contributed by atoms with E-state index in [1.54, 1.807) is 0 Å². The lowest BCUT2D eigenvalue weighted by Crippen LogP contribution is -2.15. The number of nitrogen functional groups attached to an aromatic ring is 1. The minimum absolute atomic E-state index is 0.338. The first-order valence-corrected chi connectivity index (χ1v) is 5.63. The molecule has 1 aromatic rings. The van der Waals surface area contributed by atoms with Crippen molar-refractivity contribution < 1.29 is 36.6 Å². The third-order valence-corrected chi connectivity index (χ3v) is 2.50. The van der Waals surface area contributed by atoms with Crippen molar-refractivity contribution >= 4 is 17.7 Å². The molecular weight excluding hydrogens is 298 g/mol. The summed E-state index contributed by atoms with van der Waals surface area (Å²) in [6.45, 7) is 0.322. The van der Waals surface area contributed by atoms with Crippen LogP contribution < -0.4 is 5.73 Å². The molecule has 0 aliphatic carbocycles. The van der Waals surface area contributed by atoms with Crippen LogP contribution in [0.2, 0.25) is 0 Å². The first-order valence-electron chi connectivity index (χ1n) is 5.63. The summed E-state index contributed by atoms with van der Waals surface area (Å²) in [5.41, 5.74) is 2.13. The zero-order valence-corrected chi connectivity index (χ0v) is 10.8. The van der Waals surface area contributed by atoms with Gasteiger partial charge in [0.15, 0.2) is 24.2 Å². The van der Waals surface area contributed by atoms with Gasteiger partial charge in [0.25, 0.3) is 0 Å². The fourth-order valence-electron chi connectivity index (χ4n) is 1.55. The van der Waals surface area contributed by atoms with E-state index in [0.29, 0.717) is 0 Å². The van der Waals surface area contributed by atoms with E-state index < -0.39 is 59.5 Å². The van der Waals surface area contributed by atoms with Crippen LogP contribution in [0.1, 0.15) is 22.8 Å². The van der Waals surface area contributed by atoms with Crippen molar-refractivity contribution in [3.05, 3.63) is 28.6 Å². The Bertz CT molecular complexity index is 577. The van der Waals surface area contributed by atoms with Gasteiger partial charge >= 0.3 is 12.0 Å². The quantitative estimate of drug-likeness (QED) is 0.165. The molecule has 21 heavy (non-hydrogen) atoms. The molecule has 0 bridgehead atoms. The maximum absolute atomic E-state index is 13.6. The lowest BCUT2D eigenvalue weighted by molar-refractivity contribution is -0.153. The highest BCUT2D eigenvalue weighted by molar-refractivity contribution is 5.96. The topological polar surface area (TPSA) is 78.6 Å². The SMILES string of the molecule is CC(=O)OCOCCc1c(F)c(F)c(F)c(N)c1C(=O)F. The van der Waals surface area contributed by atoms with Crippen LogP contribution >= 0.6 is 0 Å². The van der Waals surface area contributed by atoms with Crippen LogP contribution in [0, 0.1) is 17.5 Å². The van der Waals surface area contributed by atoms with E-state index in [1.165, 1.54) is 0 Å². The predicted octanol–water partition coefficient (Wildman–Crippen LogP) is 1.88. The monoisotopic (exact) mass is 309 g/mol. The Hall–Kier alpha value is -2.16. The zero-order chi connectivity index (χ0) is 16.2. The van der Waals surface area contributed by atoms with E-state index in [-0.39, 0.29) is 6.61 Å². The molecule has 5 nitrogen and oxygen atoms in total. The molecule has 2 N–H and O–H groups in total. The summed E-state index contributed by atoms with van der Waals surface area (Å²) in [6, 6.07) is -2.19. The van der Waals surface area contributed by atoms with Gasteiger partial charge < -0.3 is 15.2 Å². The van der Waals surface area contributed by atoms with Gasteiger partial charge in [0.05, 0.1) is 17.9 Å². The highest BCUT2D eigenvalue weighted by atomic mass is 19.2. The molecule has 1 rings (SSSR count). The van der Waals surface area contributed by atoms with Crippen molar-refractivity contribution in [3.63, 3.8) is 0 Å². The second kappa shape index (κ2) is 7.02. The highest BCUT2D eigenvalue weighted by Crippen LogP contribution is 2.28. The van der Waals surface area contributed by atoms with Gasteiger partial charge in [0.2, 0.25) is 0 Å². The van der Waals surface area contributed by atoms with Crippen LogP contribution in [0.4, 0.5) is 23.2 Å². The van der Waals surface area contributed by atoms with Crippen LogP contribution in [0.15, 0.2) is 0 Å². The van der Waals surface area contributed by atoms with Gasteiger partial charge in [-0.15, -0.1) is 0 Å². The van der Waals surface area contributed by atoms with Crippen molar-refractivity contribution in [1.29, 1.82) is 0 Å². The number of hydrogen-bond donors (Lipinski definition) is 1. The summed E-state index contributed by atoms with van der Waals surface area (Å²) in [6.07, 6.45) is -0.473. The largest absolute Gasteiger partial charge is 0.439 e. The molecule has 0 amide bonds. The molecule has 0 aromatic heterocycles. The van der Waals surface area contributed by atoms with Crippen molar-refractivity contribution in [2.75, 3.05) is 19.1 Å². The minimum Gasteiger partial charge on any atom is -0.439 e. The summed E-state index contributed by atoms with van der Waals surface area (Å²) in [7, 11) is 0. The van der Waals surface area contributed by atoms with E-state index in [9.17, 15) is 27.2 Å².